The molecule has 0 saturated heterocycles. The fourth-order valence-electron chi connectivity index (χ4n) is 3.17. The minimum atomic E-state index is -0.574. The molecule has 4 rings (SSSR count). The summed E-state index contributed by atoms with van der Waals surface area (Å²) >= 11 is 3.22. The van der Waals surface area contributed by atoms with Gasteiger partial charge >= 0.3 is 0 Å². The summed E-state index contributed by atoms with van der Waals surface area (Å²) < 4.78 is 15.2. The van der Waals surface area contributed by atoms with Crippen molar-refractivity contribution in [3.63, 3.8) is 0 Å². The third-order valence-electron chi connectivity index (χ3n) is 4.47. The standard InChI is InChI=1S/C21H15BrFN5O/c22-15-7-3-6-13(18(15)23)19-14(11-4-1-2-5-12(11)20(24)29)10-17(27-19)16-8-9-26-21(25)28-16/h1-10,27H,(H2,24,29)(H2,25,26,28). The van der Waals surface area contributed by atoms with Gasteiger partial charge in [-0.3, -0.25) is 4.79 Å². The summed E-state index contributed by atoms with van der Waals surface area (Å²) in [7, 11) is 0. The lowest BCUT2D eigenvalue weighted by molar-refractivity contribution is 0.100. The van der Waals surface area contributed by atoms with E-state index in [0.29, 0.717) is 43.8 Å². The number of halogens is 2. The Morgan fingerprint density at radius 2 is 1.79 bits per heavy atom. The van der Waals surface area contributed by atoms with Crippen molar-refractivity contribution in [2.45, 2.75) is 0 Å². The minimum Gasteiger partial charge on any atom is -0.368 e. The van der Waals surface area contributed by atoms with Gasteiger partial charge in [0, 0.05) is 22.9 Å². The molecule has 0 unspecified atom stereocenters. The number of benzene rings is 2. The summed E-state index contributed by atoms with van der Waals surface area (Å²) in [5.41, 5.74) is 14.8. The number of H-pyrrole nitrogens is 1. The van der Waals surface area contributed by atoms with Crippen LogP contribution >= 0.6 is 15.9 Å². The highest BCUT2D eigenvalue weighted by atomic mass is 79.9. The Morgan fingerprint density at radius 1 is 1.03 bits per heavy atom. The van der Waals surface area contributed by atoms with Crippen molar-refractivity contribution in [2.24, 2.45) is 5.73 Å². The van der Waals surface area contributed by atoms with Crippen LogP contribution in [0.25, 0.3) is 33.8 Å². The van der Waals surface area contributed by atoms with E-state index in [4.69, 9.17) is 11.5 Å². The van der Waals surface area contributed by atoms with Crippen LogP contribution < -0.4 is 11.5 Å². The van der Waals surface area contributed by atoms with E-state index in [1.165, 1.54) is 6.20 Å². The van der Waals surface area contributed by atoms with Gasteiger partial charge in [0.2, 0.25) is 11.9 Å². The lowest BCUT2D eigenvalue weighted by atomic mass is 9.96. The van der Waals surface area contributed by atoms with E-state index in [2.05, 4.69) is 30.9 Å². The number of amides is 1. The van der Waals surface area contributed by atoms with Crippen molar-refractivity contribution in [2.75, 3.05) is 5.73 Å². The number of nitrogens with one attached hydrogen (secondary N) is 1. The lowest BCUT2D eigenvalue weighted by Gasteiger charge is -2.09. The zero-order chi connectivity index (χ0) is 20.5. The summed E-state index contributed by atoms with van der Waals surface area (Å²) in [5, 5.41) is 0. The van der Waals surface area contributed by atoms with Gasteiger partial charge in [-0.1, -0.05) is 24.3 Å². The molecule has 0 aliphatic carbocycles. The fraction of sp³-hybridized carbons (Fsp3) is 0. The van der Waals surface area contributed by atoms with E-state index in [1.54, 1.807) is 54.6 Å². The average Bonchev–Trinajstić information content (AvgIpc) is 3.15. The summed E-state index contributed by atoms with van der Waals surface area (Å²) in [6.07, 6.45) is 1.54. The number of primary amides is 1. The molecule has 29 heavy (non-hydrogen) atoms. The van der Waals surface area contributed by atoms with Crippen LogP contribution in [0, 0.1) is 5.82 Å². The first-order valence-corrected chi connectivity index (χ1v) is 9.40. The van der Waals surface area contributed by atoms with E-state index in [-0.39, 0.29) is 5.95 Å². The number of carbonyl (C=O) groups excluding carboxylic acids is 1. The molecule has 5 N–H and O–H groups in total. The van der Waals surface area contributed by atoms with Crippen molar-refractivity contribution < 1.29 is 9.18 Å². The molecule has 4 aromatic rings. The monoisotopic (exact) mass is 451 g/mol. The van der Waals surface area contributed by atoms with Crippen LogP contribution in [-0.2, 0) is 0 Å². The van der Waals surface area contributed by atoms with E-state index >= 15 is 0 Å². The molecule has 0 spiro atoms. The van der Waals surface area contributed by atoms with Crippen molar-refractivity contribution in [1.29, 1.82) is 0 Å². The first-order valence-electron chi connectivity index (χ1n) is 8.61. The van der Waals surface area contributed by atoms with Crippen molar-refractivity contribution in [3.8, 4) is 33.8 Å². The number of hydrogen-bond acceptors (Lipinski definition) is 4. The van der Waals surface area contributed by atoms with E-state index in [1.807, 2.05) is 0 Å². The molecule has 1 amide bonds. The number of nitrogen functional groups attached to an aromatic ring is 1. The van der Waals surface area contributed by atoms with E-state index < -0.39 is 11.7 Å². The summed E-state index contributed by atoms with van der Waals surface area (Å²) in [6, 6.07) is 15.4. The average molecular weight is 452 g/mol. The maximum absolute atomic E-state index is 14.9. The second-order valence-electron chi connectivity index (χ2n) is 6.28. The van der Waals surface area contributed by atoms with Crippen LogP contribution in [0.3, 0.4) is 0 Å². The summed E-state index contributed by atoms with van der Waals surface area (Å²) in [6.45, 7) is 0. The molecule has 0 saturated carbocycles. The van der Waals surface area contributed by atoms with Gasteiger partial charge in [-0.15, -0.1) is 0 Å². The number of nitrogens with two attached hydrogens (primary N) is 2. The third-order valence-corrected chi connectivity index (χ3v) is 5.08. The molecule has 0 aliphatic heterocycles. The minimum absolute atomic E-state index is 0.117. The molecular weight excluding hydrogens is 437 g/mol. The van der Waals surface area contributed by atoms with Crippen molar-refractivity contribution >= 4 is 27.8 Å². The van der Waals surface area contributed by atoms with Gasteiger partial charge in [-0.25, -0.2) is 14.4 Å². The SMILES string of the molecule is NC(=O)c1ccccc1-c1cc(-c2ccnc(N)n2)[nH]c1-c1cccc(Br)c1F. The Kier molecular flexibility index (Phi) is 4.85. The van der Waals surface area contributed by atoms with Gasteiger partial charge in [-0.05, 0) is 51.8 Å². The van der Waals surface area contributed by atoms with Crippen LogP contribution in [0.1, 0.15) is 10.4 Å². The molecule has 0 atom stereocenters. The Bertz CT molecular complexity index is 1240. The molecule has 0 bridgehead atoms. The van der Waals surface area contributed by atoms with Crippen LogP contribution in [-0.4, -0.2) is 20.9 Å². The highest BCUT2D eigenvalue weighted by Crippen LogP contribution is 2.39. The fourth-order valence-corrected chi connectivity index (χ4v) is 3.54. The van der Waals surface area contributed by atoms with Gasteiger partial charge < -0.3 is 16.5 Å². The molecular formula is C21H15BrFN5O. The van der Waals surface area contributed by atoms with Gasteiger partial charge in [0.25, 0.3) is 0 Å². The normalized spacial score (nSPS) is 10.8. The highest BCUT2D eigenvalue weighted by Gasteiger charge is 2.21. The molecule has 2 heterocycles. The summed E-state index contributed by atoms with van der Waals surface area (Å²) in [4.78, 5) is 23.3. The number of nitrogens with zero attached hydrogens (tertiary/aromatic N) is 2. The van der Waals surface area contributed by atoms with Gasteiger partial charge in [0.1, 0.15) is 5.82 Å². The van der Waals surface area contributed by atoms with Gasteiger partial charge in [0.15, 0.2) is 0 Å². The Hall–Kier alpha value is -3.52. The largest absolute Gasteiger partial charge is 0.368 e. The molecule has 2 aromatic carbocycles. The predicted octanol–water partition coefficient (Wildman–Crippen LogP) is 4.39. The second kappa shape index (κ2) is 7.48. The highest BCUT2D eigenvalue weighted by molar-refractivity contribution is 9.10. The van der Waals surface area contributed by atoms with E-state index in [9.17, 15) is 9.18 Å². The van der Waals surface area contributed by atoms with Crippen LogP contribution in [0.15, 0.2) is 65.3 Å². The van der Waals surface area contributed by atoms with Crippen molar-refractivity contribution in [3.05, 3.63) is 76.6 Å². The van der Waals surface area contributed by atoms with Crippen LogP contribution in [0.5, 0.6) is 0 Å². The second-order valence-corrected chi connectivity index (χ2v) is 7.14. The molecule has 8 heteroatoms. The topological polar surface area (TPSA) is 111 Å². The van der Waals surface area contributed by atoms with Crippen LogP contribution in [0.2, 0.25) is 0 Å². The molecule has 0 aliphatic rings. The van der Waals surface area contributed by atoms with Crippen molar-refractivity contribution in [1.82, 2.24) is 15.0 Å². The first-order chi connectivity index (χ1) is 14.0. The van der Waals surface area contributed by atoms with E-state index in [0.717, 1.165) is 0 Å². The lowest BCUT2D eigenvalue weighted by Crippen LogP contribution is -2.12. The zero-order valence-electron chi connectivity index (χ0n) is 15.0. The van der Waals surface area contributed by atoms with Gasteiger partial charge in [0.05, 0.1) is 21.6 Å². The maximum Gasteiger partial charge on any atom is 0.249 e. The smallest absolute Gasteiger partial charge is 0.249 e. The number of carbonyl (C=O) groups is 1. The summed E-state index contributed by atoms with van der Waals surface area (Å²) in [5.74, 6) is -0.887. The molecule has 2 aromatic heterocycles. The number of aromatic amines is 1. The number of hydrogen-bond donors (Lipinski definition) is 3. The molecule has 0 radical (unpaired) electrons. The Morgan fingerprint density at radius 3 is 2.55 bits per heavy atom. The quantitative estimate of drug-likeness (QED) is 0.427. The third kappa shape index (κ3) is 3.50. The Balaban J connectivity index is 2.02. The molecule has 144 valence electrons. The zero-order valence-corrected chi connectivity index (χ0v) is 16.6. The predicted molar refractivity (Wildman–Crippen MR) is 113 cm³/mol. The Labute approximate surface area is 173 Å². The first kappa shape index (κ1) is 18.8. The molecule has 0 fully saturated rings. The number of aromatic nitrogens is 3. The number of rotatable bonds is 4. The molecule has 6 nitrogen and oxygen atoms in total. The van der Waals surface area contributed by atoms with Gasteiger partial charge in [-0.2, -0.15) is 0 Å². The number of anilines is 1. The maximum atomic E-state index is 14.9. The van der Waals surface area contributed by atoms with Crippen LogP contribution in [0.4, 0.5) is 10.3 Å².